The van der Waals surface area contributed by atoms with Crippen LogP contribution in [0.15, 0.2) is 42.7 Å². The molecule has 2 aliphatic rings. The molecule has 2 aliphatic heterocycles. The summed E-state index contributed by atoms with van der Waals surface area (Å²) in [6.45, 7) is 4.74. The van der Waals surface area contributed by atoms with Crippen LogP contribution in [-0.2, 0) is 13.0 Å². The monoisotopic (exact) mass is 478 g/mol. The van der Waals surface area contributed by atoms with Crippen molar-refractivity contribution in [3.63, 3.8) is 0 Å². The maximum Gasteiger partial charge on any atom is 0.326 e. The van der Waals surface area contributed by atoms with E-state index in [1.54, 1.807) is 17.2 Å². The minimum absolute atomic E-state index is 0.0941. The van der Waals surface area contributed by atoms with Crippen molar-refractivity contribution in [2.24, 2.45) is 0 Å². The molecule has 4 heterocycles. The van der Waals surface area contributed by atoms with E-state index in [1.165, 1.54) is 19.2 Å². The average Bonchev–Trinajstić information content (AvgIpc) is 3.49. The summed E-state index contributed by atoms with van der Waals surface area (Å²) < 4.78 is 19.5. The Morgan fingerprint density at radius 1 is 1.20 bits per heavy atom. The molecular weight excluding hydrogens is 447 g/mol. The number of H-pyrrole nitrogens is 1. The lowest BCUT2D eigenvalue weighted by molar-refractivity contribution is 0.0824. The number of pyridine rings is 1. The van der Waals surface area contributed by atoms with Gasteiger partial charge in [0.25, 0.3) is 0 Å². The minimum Gasteiger partial charge on any atom is -0.497 e. The number of nitrogens with zero attached hydrogens (tertiary/aromatic N) is 5. The number of hydrogen-bond acceptors (Lipinski definition) is 5. The third kappa shape index (κ3) is 4.36. The van der Waals surface area contributed by atoms with Gasteiger partial charge in [0.1, 0.15) is 17.4 Å². The number of carbonyl (C=O) groups excluding carboxylic acids is 1. The quantitative estimate of drug-likeness (QED) is 0.578. The maximum atomic E-state index is 14.2. The number of amides is 2. The Morgan fingerprint density at radius 3 is 2.69 bits per heavy atom. The highest BCUT2D eigenvalue weighted by Crippen LogP contribution is 2.39. The molecule has 1 N–H and O–H groups in total. The number of hydrogen-bond donors (Lipinski definition) is 1. The number of benzene rings is 1. The summed E-state index contributed by atoms with van der Waals surface area (Å²) in [5, 5.41) is 6.90. The third-order valence-electron chi connectivity index (χ3n) is 7.29. The summed E-state index contributed by atoms with van der Waals surface area (Å²) in [6.07, 6.45) is 6.07. The Labute approximate surface area is 204 Å². The van der Waals surface area contributed by atoms with Gasteiger partial charge in [-0.25, -0.2) is 14.2 Å². The summed E-state index contributed by atoms with van der Waals surface area (Å²) in [5.41, 5.74) is 3.28. The number of likely N-dealkylation sites (tertiary alicyclic amines) is 1. The molecule has 0 saturated carbocycles. The van der Waals surface area contributed by atoms with Crippen molar-refractivity contribution in [2.45, 2.75) is 38.3 Å². The number of piperidine rings is 1. The van der Waals surface area contributed by atoms with E-state index in [9.17, 15) is 9.18 Å². The van der Waals surface area contributed by atoms with Crippen LogP contribution in [0.4, 0.5) is 15.0 Å². The first-order valence-electron chi connectivity index (χ1n) is 12.0. The predicted molar refractivity (Wildman–Crippen MR) is 132 cm³/mol. The fourth-order valence-electron chi connectivity index (χ4n) is 5.26. The highest BCUT2D eigenvalue weighted by atomic mass is 19.1. The molecule has 2 fully saturated rings. The number of urea groups is 1. The van der Waals surface area contributed by atoms with Gasteiger partial charge in [-0.15, -0.1) is 0 Å². The summed E-state index contributed by atoms with van der Waals surface area (Å²) in [4.78, 5) is 24.8. The molecule has 35 heavy (non-hydrogen) atoms. The SMILES string of the molecule is CCc1nc(N2CC3(CCN(C)CC3)N(Cc3cc(F)cc(OC)c3)C2=O)ccc1-c1cn[nH]c1. The molecule has 184 valence electrons. The van der Waals surface area contributed by atoms with Gasteiger partial charge in [0, 0.05) is 43.0 Å². The zero-order valence-corrected chi connectivity index (χ0v) is 20.4. The minimum atomic E-state index is -0.371. The lowest BCUT2D eigenvalue weighted by atomic mass is 9.86. The van der Waals surface area contributed by atoms with Crippen molar-refractivity contribution >= 4 is 11.8 Å². The normalized spacial score (nSPS) is 18.0. The number of methoxy groups -OCH3 is 1. The van der Waals surface area contributed by atoms with Gasteiger partial charge in [-0.1, -0.05) is 6.92 Å². The van der Waals surface area contributed by atoms with Crippen LogP contribution in [-0.4, -0.2) is 70.3 Å². The number of anilines is 1. The lowest BCUT2D eigenvalue weighted by Crippen LogP contribution is -2.53. The van der Waals surface area contributed by atoms with Crippen LogP contribution < -0.4 is 9.64 Å². The van der Waals surface area contributed by atoms with E-state index in [2.05, 4.69) is 29.1 Å². The zero-order valence-electron chi connectivity index (χ0n) is 20.4. The van der Waals surface area contributed by atoms with Gasteiger partial charge >= 0.3 is 6.03 Å². The molecule has 0 unspecified atom stereocenters. The first-order chi connectivity index (χ1) is 16.9. The van der Waals surface area contributed by atoms with Crippen LogP contribution in [0.1, 0.15) is 31.0 Å². The molecular formula is C26H31FN6O2. The Kier molecular flexibility index (Phi) is 6.19. The summed E-state index contributed by atoms with van der Waals surface area (Å²) >= 11 is 0. The zero-order chi connectivity index (χ0) is 24.6. The van der Waals surface area contributed by atoms with Crippen LogP contribution >= 0.6 is 0 Å². The Morgan fingerprint density at radius 2 is 2.00 bits per heavy atom. The van der Waals surface area contributed by atoms with Gasteiger partial charge in [-0.2, -0.15) is 5.10 Å². The van der Waals surface area contributed by atoms with Gasteiger partial charge in [0.2, 0.25) is 0 Å². The second-order valence-corrected chi connectivity index (χ2v) is 9.49. The van der Waals surface area contributed by atoms with Crippen molar-refractivity contribution in [1.29, 1.82) is 0 Å². The molecule has 0 atom stereocenters. The smallest absolute Gasteiger partial charge is 0.326 e. The van der Waals surface area contributed by atoms with Crippen LogP contribution in [0.2, 0.25) is 0 Å². The average molecular weight is 479 g/mol. The molecule has 2 saturated heterocycles. The topological polar surface area (TPSA) is 77.6 Å². The third-order valence-corrected chi connectivity index (χ3v) is 7.29. The maximum absolute atomic E-state index is 14.2. The first kappa shape index (κ1) is 23.3. The predicted octanol–water partition coefficient (Wildman–Crippen LogP) is 4.09. The summed E-state index contributed by atoms with van der Waals surface area (Å²) in [5.74, 6) is 0.728. The van der Waals surface area contributed by atoms with Crippen LogP contribution in [0.25, 0.3) is 11.1 Å². The van der Waals surface area contributed by atoms with E-state index >= 15 is 0 Å². The number of aryl methyl sites for hydroxylation is 1. The summed E-state index contributed by atoms with van der Waals surface area (Å²) in [7, 11) is 3.62. The van der Waals surface area contributed by atoms with Crippen LogP contribution in [0.3, 0.4) is 0 Å². The van der Waals surface area contributed by atoms with E-state index in [1.807, 2.05) is 23.2 Å². The molecule has 2 amide bonds. The van der Waals surface area contributed by atoms with Crippen molar-refractivity contribution in [3.05, 3.63) is 59.8 Å². The molecule has 3 aromatic rings. The fraction of sp³-hybridized carbons (Fsp3) is 0.423. The van der Waals surface area contributed by atoms with E-state index < -0.39 is 0 Å². The molecule has 0 aliphatic carbocycles. The molecule has 0 radical (unpaired) electrons. The van der Waals surface area contributed by atoms with E-state index in [0.29, 0.717) is 30.2 Å². The lowest BCUT2D eigenvalue weighted by Gasteiger charge is -2.42. The van der Waals surface area contributed by atoms with E-state index in [4.69, 9.17) is 9.72 Å². The van der Waals surface area contributed by atoms with Crippen molar-refractivity contribution in [2.75, 3.05) is 38.7 Å². The number of aromatic nitrogens is 3. The number of carbonyl (C=O) groups is 1. The Hall–Kier alpha value is -3.46. The highest BCUT2D eigenvalue weighted by Gasteiger charge is 2.51. The van der Waals surface area contributed by atoms with E-state index in [0.717, 1.165) is 49.2 Å². The number of aromatic amines is 1. The number of rotatable bonds is 6. The molecule has 1 aromatic carbocycles. The van der Waals surface area contributed by atoms with Crippen molar-refractivity contribution in [3.8, 4) is 16.9 Å². The number of nitrogens with one attached hydrogen (secondary N) is 1. The van der Waals surface area contributed by atoms with Crippen molar-refractivity contribution < 1.29 is 13.9 Å². The largest absolute Gasteiger partial charge is 0.497 e. The van der Waals surface area contributed by atoms with Gasteiger partial charge < -0.3 is 14.5 Å². The standard InChI is InChI=1S/C26H31FN6O2/c1-4-23-22(19-14-28-29-15-19)5-6-24(30-23)32-17-26(7-9-31(2)10-8-26)33(25(32)34)16-18-11-20(27)13-21(12-18)35-3/h5-6,11-15H,4,7-10,16-17H2,1-3H3,(H,28,29). The Balaban J connectivity index is 1.49. The van der Waals surface area contributed by atoms with Crippen LogP contribution in [0, 0.1) is 5.82 Å². The molecule has 9 heteroatoms. The first-order valence-corrected chi connectivity index (χ1v) is 12.0. The Bertz CT molecular complexity index is 1210. The van der Waals surface area contributed by atoms with Crippen LogP contribution in [0.5, 0.6) is 5.75 Å². The van der Waals surface area contributed by atoms with Gasteiger partial charge in [-0.3, -0.25) is 10.00 Å². The highest BCUT2D eigenvalue weighted by molar-refractivity contribution is 5.94. The second-order valence-electron chi connectivity index (χ2n) is 9.49. The van der Waals surface area contributed by atoms with Gasteiger partial charge in [-0.05, 0) is 56.1 Å². The second kappa shape index (κ2) is 9.30. The number of ether oxygens (including phenoxy) is 1. The molecule has 1 spiro atoms. The van der Waals surface area contributed by atoms with Crippen molar-refractivity contribution in [1.82, 2.24) is 25.0 Å². The molecule has 2 aromatic heterocycles. The fourth-order valence-corrected chi connectivity index (χ4v) is 5.26. The summed E-state index contributed by atoms with van der Waals surface area (Å²) in [6, 6.07) is 8.47. The number of halogens is 1. The van der Waals surface area contributed by atoms with E-state index in [-0.39, 0.29) is 17.4 Å². The molecule has 5 rings (SSSR count). The molecule has 8 nitrogen and oxygen atoms in total. The molecule has 0 bridgehead atoms. The van der Waals surface area contributed by atoms with Gasteiger partial charge in [0.15, 0.2) is 0 Å². The van der Waals surface area contributed by atoms with Gasteiger partial charge in [0.05, 0.1) is 31.1 Å².